The molecule has 1 N–H and O–H groups in total. The standard InChI is InChI=1S/C25H41BBrNO3/c1-6-8-10-15-19-25(27,20-16-11-9-7-2)24(5)23(3,4)30-26(31-24)28-22(29)21-17-13-12-14-18-21/h12-14,17-18H,6-11,15-16,19-20H2,1-5H3,(H,28,29). The number of amides is 1. The van der Waals surface area contributed by atoms with Gasteiger partial charge in [-0.15, -0.1) is 0 Å². The quantitative estimate of drug-likeness (QED) is 0.182. The highest BCUT2D eigenvalue weighted by Gasteiger charge is 2.63. The molecule has 1 unspecified atom stereocenters. The predicted octanol–water partition coefficient (Wildman–Crippen LogP) is 7.06. The number of carbonyl (C=O) groups is 1. The molecule has 0 aliphatic carbocycles. The van der Waals surface area contributed by atoms with Crippen LogP contribution in [0.4, 0.5) is 0 Å². The molecule has 1 aliphatic heterocycles. The molecule has 4 nitrogen and oxygen atoms in total. The highest BCUT2D eigenvalue weighted by molar-refractivity contribution is 9.10. The van der Waals surface area contributed by atoms with Gasteiger partial charge >= 0.3 is 7.25 Å². The zero-order valence-corrected chi connectivity index (χ0v) is 21.7. The van der Waals surface area contributed by atoms with Gasteiger partial charge in [0.2, 0.25) is 5.91 Å². The molecule has 2 rings (SSSR count). The van der Waals surface area contributed by atoms with E-state index in [0.717, 1.165) is 25.7 Å². The summed E-state index contributed by atoms with van der Waals surface area (Å²) in [5, 5.41) is 2.93. The zero-order valence-electron chi connectivity index (χ0n) is 20.1. The first-order chi connectivity index (χ1) is 14.7. The Morgan fingerprint density at radius 2 is 1.48 bits per heavy atom. The summed E-state index contributed by atoms with van der Waals surface area (Å²) in [5.74, 6) is -0.184. The number of rotatable bonds is 13. The molecule has 1 fully saturated rings. The third-order valence-corrected chi connectivity index (χ3v) is 8.44. The smallest absolute Gasteiger partial charge is 0.384 e. The van der Waals surface area contributed by atoms with E-state index in [9.17, 15) is 4.79 Å². The molecule has 1 aromatic rings. The van der Waals surface area contributed by atoms with Crippen molar-refractivity contribution < 1.29 is 14.1 Å². The number of hydrogen-bond acceptors (Lipinski definition) is 3. The maximum atomic E-state index is 12.7. The minimum atomic E-state index is -0.768. The lowest BCUT2D eigenvalue weighted by Crippen LogP contribution is -2.59. The molecule has 0 saturated carbocycles. The molecule has 1 aromatic carbocycles. The summed E-state index contributed by atoms with van der Waals surface area (Å²) in [4.78, 5) is 12.7. The van der Waals surface area contributed by atoms with Gasteiger partial charge in [0.15, 0.2) is 0 Å². The molecule has 1 atom stereocenters. The van der Waals surface area contributed by atoms with Gasteiger partial charge in [0.25, 0.3) is 0 Å². The molecule has 0 aromatic heterocycles. The number of benzene rings is 1. The van der Waals surface area contributed by atoms with Crippen molar-refractivity contribution in [2.75, 3.05) is 0 Å². The second kappa shape index (κ2) is 11.9. The first kappa shape index (κ1) is 26.4. The van der Waals surface area contributed by atoms with E-state index in [4.69, 9.17) is 9.31 Å². The van der Waals surface area contributed by atoms with Crippen LogP contribution in [0.1, 0.15) is 109 Å². The molecule has 6 heteroatoms. The molecule has 0 bridgehead atoms. The lowest BCUT2D eigenvalue weighted by molar-refractivity contribution is -0.0433. The number of unbranched alkanes of at least 4 members (excludes halogenated alkanes) is 6. The molecule has 1 saturated heterocycles. The van der Waals surface area contributed by atoms with Gasteiger partial charge in [0.1, 0.15) is 0 Å². The summed E-state index contributed by atoms with van der Waals surface area (Å²) in [5.41, 5.74) is -0.529. The third kappa shape index (κ3) is 6.58. The Labute approximate surface area is 198 Å². The second-order valence-electron chi connectivity index (χ2n) is 9.54. The van der Waals surface area contributed by atoms with Gasteiger partial charge in [-0.1, -0.05) is 99.3 Å². The predicted molar refractivity (Wildman–Crippen MR) is 133 cm³/mol. The maximum Gasteiger partial charge on any atom is 0.594 e. The topological polar surface area (TPSA) is 47.6 Å². The first-order valence-electron chi connectivity index (χ1n) is 12.1. The second-order valence-corrected chi connectivity index (χ2v) is 11.1. The van der Waals surface area contributed by atoms with E-state index in [2.05, 4.69) is 55.8 Å². The Balaban J connectivity index is 2.16. The Kier molecular flexibility index (Phi) is 10.1. The highest BCUT2D eigenvalue weighted by atomic mass is 79.9. The van der Waals surface area contributed by atoms with Gasteiger partial charge in [-0.3, -0.25) is 4.79 Å². The van der Waals surface area contributed by atoms with E-state index >= 15 is 0 Å². The van der Waals surface area contributed by atoms with Crippen molar-refractivity contribution in [2.24, 2.45) is 0 Å². The summed E-state index contributed by atoms with van der Waals surface area (Å²) in [6, 6.07) is 9.20. The molecule has 174 valence electrons. The van der Waals surface area contributed by atoms with Gasteiger partial charge in [-0.25, -0.2) is 0 Å². The largest absolute Gasteiger partial charge is 0.594 e. The Morgan fingerprint density at radius 3 is 2.00 bits per heavy atom. The van der Waals surface area contributed by atoms with Crippen LogP contribution in [-0.4, -0.2) is 28.7 Å². The lowest BCUT2D eigenvalue weighted by atomic mass is 9.72. The van der Waals surface area contributed by atoms with E-state index in [1.54, 1.807) is 12.1 Å². The van der Waals surface area contributed by atoms with Crippen LogP contribution in [0.3, 0.4) is 0 Å². The van der Waals surface area contributed by atoms with E-state index in [0.29, 0.717) is 5.56 Å². The minimum absolute atomic E-state index is 0.184. The Bertz CT molecular complexity index is 673. The van der Waals surface area contributed by atoms with Crippen molar-refractivity contribution in [1.29, 1.82) is 0 Å². The summed E-state index contributed by atoms with van der Waals surface area (Å²) in [6.07, 6.45) is 11.8. The van der Waals surface area contributed by atoms with Crippen molar-refractivity contribution >= 4 is 29.1 Å². The SMILES string of the molecule is CCCCCCC(Br)(CCCCCC)C1(C)OB(NC(=O)c2ccccc2)OC1(C)C. The fourth-order valence-corrected chi connectivity index (χ4v) is 5.64. The lowest BCUT2D eigenvalue weighted by Gasteiger charge is -2.49. The number of alkyl halides is 1. The molecular formula is C25H41BBrNO3. The maximum absolute atomic E-state index is 12.7. The molecule has 0 spiro atoms. The summed E-state index contributed by atoms with van der Waals surface area (Å²) in [6.45, 7) is 10.8. The number of carbonyl (C=O) groups excluding carboxylic acids is 1. The fraction of sp³-hybridized carbons (Fsp3) is 0.720. The zero-order chi connectivity index (χ0) is 23.0. The van der Waals surface area contributed by atoms with Crippen molar-refractivity contribution in [3.63, 3.8) is 0 Å². The van der Waals surface area contributed by atoms with Gasteiger partial charge in [-0.2, -0.15) is 0 Å². The molecule has 1 heterocycles. The Hall–Kier alpha value is -0.845. The summed E-state index contributed by atoms with van der Waals surface area (Å²) < 4.78 is 12.6. The summed E-state index contributed by atoms with van der Waals surface area (Å²) >= 11 is 4.17. The fourth-order valence-electron chi connectivity index (χ4n) is 4.51. The van der Waals surface area contributed by atoms with Crippen molar-refractivity contribution in [2.45, 2.75) is 114 Å². The van der Waals surface area contributed by atoms with E-state index in [1.807, 2.05) is 18.2 Å². The molecule has 1 amide bonds. The number of hydrogen-bond donors (Lipinski definition) is 1. The molecular weight excluding hydrogens is 453 g/mol. The van der Waals surface area contributed by atoms with E-state index < -0.39 is 18.5 Å². The van der Waals surface area contributed by atoms with Gasteiger partial charge in [0.05, 0.1) is 15.5 Å². The molecule has 1 aliphatic rings. The monoisotopic (exact) mass is 493 g/mol. The highest BCUT2D eigenvalue weighted by Crippen LogP contribution is 2.52. The van der Waals surface area contributed by atoms with Crippen LogP contribution in [0, 0.1) is 0 Å². The van der Waals surface area contributed by atoms with E-state index in [1.165, 1.54) is 38.5 Å². The van der Waals surface area contributed by atoms with Crippen molar-refractivity contribution in [1.82, 2.24) is 5.23 Å². The van der Waals surface area contributed by atoms with Crippen LogP contribution < -0.4 is 5.23 Å². The van der Waals surface area contributed by atoms with Crippen molar-refractivity contribution in [3.8, 4) is 0 Å². The normalized spacial score (nSPS) is 20.8. The first-order valence-corrected chi connectivity index (χ1v) is 12.9. The van der Waals surface area contributed by atoms with Crippen LogP contribution in [0.15, 0.2) is 30.3 Å². The van der Waals surface area contributed by atoms with Crippen LogP contribution in [0.2, 0.25) is 0 Å². The van der Waals surface area contributed by atoms with Crippen LogP contribution >= 0.6 is 15.9 Å². The average Bonchev–Trinajstić information content (AvgIpc) is 2.98. The van der Waals surface area contributed by atoms with Crippen LogP contribution in [-0.2, 0) is 9.31 Å². The van der Waals surface area contributed by atoms with Gasteiger partial charge in [0, 0.05) is 5.56 Å². The van der Waals surface area contributed by atoms with Crippen molar-refractivity contribution in [3.05, 3.63) is 35.9 Å². The van der Waals surface area contributed by atoms with Gasteiger partial charge in [-0.05, 0) is 45.7 Å². The van der Waals surface area contributed by atoms with Crippen LogP contribution in [0.5, 0.6) is 0 Å². The third-order valence-electron chi connectivity index (χ3n) is 6.89. The number of nitrogens with one attached hydrogen (secondary N) is 1. The number of halogens is 1. The molecule has 31 heavy (non-hydrogen) atoms. The Morgan fingerprint density at radius 1 is 0.935 bits per heavy atom. The van der Waals surface area contributed by atoms with Gasteiger partial charge < -0.3 is 14.5 Å². The van der Waals surface area contributed by atoms with E-state index in [-0.39, 0.29) is 10.2 Å². The average molecular weight is 494 g/mol. The van der Waals surface area contributed by atoms with Crippen LogP contribution in [0.25, 0.3) is 0 Å². The minimum Gasteiger partial charge on any atom is -0.384 e. The summed E-state index contributed by atoms with van der Waals surface area (Å²) in [7, 11) is -0.768. The molecule has 0 radical (unpaired) electrons.